The summed E-state index contributed by atoms with van der Waals surface area (Å²) in [5, 5.41) is 8.64. The second kappa shape index (κ2) is 14.7. The Hall–Kier alpha value is -1.36. The average molecular weight is 576 g/mol. The molecule has 0 aliphatic carbocycles. The minimum absolute atomic E-state index is 0. The summed E-state index contributed by atoms with van der Waals surface area (Å²) in [6.07, 6.45) is 7.07. The van der Waals surface area contributed by atoms with E-state index in [2.05, 4.69) is 22.2 Å². The van der Waals surface area contributed by atoms with Gasteiger partial charge in [-0.3, -0.25) is 9.67 Å². The number of rotatable bonds is 10. The van der Waals surface area contributed by atoms with E-state index >= 15 is 0 Å². The number of ether oxygens (including phenoxy) is 2. The van der Waals surface area contributed by atoms with E-state index in [-0.39, 0.29) is 30.0 Å². The predicted octanol–water partition coefficient (Wildman–Crippen LogP) is 4.23. The normalized spacial score (nSPS) is 16.0. The van der Waals surface area contributed by atoms with Gasteiger partial charge in [0.2, 0.25) is 0 Å². The number of likely N-dealkylation sites (tertiary alicyclic amines) is 1. The topological polar surface area (TPSA) is 63.9 Å². The molecule has 1 aliphatic heterocycles. The number of halogens is 2. The van der Waals surface area contributed by atoms with E-state index in [0.717, 1.165) is 68.7 Å². The fourth-order valence-electron chi connectivity index (χ4n) is 3.78. The van der Waals surface area contributed by atoms with Crippen molar-refractivity contribution in [1.29, 1.82) is 0 Å². The smallest absolute Gasteiger partial charge is 0.194 e. The van der Waals surface area contributed by atoms with Gasteiger partial charge >= 0.3 is 0 Å². The highest BCUT2D eigenvalue weighted by atomic mass is 127. The molecule has 1 N–H and O–H groups in total. The molecule has 178 valence electrons. The summed E-state index contributed by atoms with van der Waals surface area (Å²) in [5.41, 5.74) is 1.14. The van der Waals surface area contributed by atoms with Crippen LogP contribution in [0, 0.1) is 0 Å². The SMILES string of the molecule is CCNC(=NCC(c1ccc(Cl)cc1)n1cccn1)N1CCC(OCCCOC)CC1.I. The number of aliphatic imine (C=N–C) groups is 1. The van der Waals surface area contributed by atoms with Crippen LogP contribution in [0.25, 0.3) is 0 Å². The van der Waals surface area contributed by atoms with Crippen LogP contribution in [0.1, 0.15) is 37.8 Å². The van der Waals surface area contributed by atoms with Crippen LogP contribution in [0.4, 0.5) is 0 Å². The van der Waals surface area contributed by atoms with Gasteiger partial charge in [0.25, 0.3) is 0 Å². The summed E-state index contributed by atoms with van der Waals surface area (Å²) in [5.74, 6) is 0.950. The molecule has 2 heterocycles. The van der Waals surface area contributed by atoms with Crippen LogP contribution in [0.3, 0.4) is 0 Å². The molecule has 1 aromatic carbocycles. The number of nitrogens with zero attached hydrogens (tertiary/aromatic N) is 4. The zero-order valence-corrected chi connectivity index (χ0v) is 22.0. The fourth-order valence-corrected chi connectivity index (χ4v) is 3.90. The van der Waals surface area contributed by atoms with Crippen molar-refractivity contribution in [2.24, 2.45) is 4.99 Å². The highest BCUT2D eigenvalue weighted by Gasteiger charge is 2.22. The zero-order chi connectivity index (χ0) is 21.9. The first-order valence-corrected chi connectivity index (χ1v) is 11.5. The Bertz CT molecular complexity index is 780. The summed E-state index contributed by atoms with van der Waals surface area (Å²) >= 11 is 6.09. The molecule has 2 aromatic rings. The standard InChI is InChI=1S/C23H34ClN5O2.HI/c1-3-25-23(28-14-10-21(11-15-28)31-17-5-16-30-2)26-18-22(29-13-4-12-27-29)19-6-8-20(24)9-7-19;/h4,6-9,12-13,21-22H,3,5,10-11,14-18H2,1-2H3,(H,25,26);1H. The number of hydrogen-bond donors (Lipinski definition) is 1. The van der Waals surface area contributed by atoms with E-state index in [9.17, 15) is 0 Å². The van der Waals surface area contributed by atoms with Crippen LogP contribution in [-0.2, 0) is 9.47 Å². The van der Waals surface area contributed by atoms with Gasteiger partial charge in [-0.2, -0.15) is 5.10 Å². The van der Waals surface area contributed by atoms with Crippen LogP contribution in [-0.4, -0.2) is 73.2 Å². The van der Waals surface area contributed by atoms with Crippen molar-refractivity contribution in [2.45, 2.75) is 38.3 Å². The lowest BCUT2D eigenvalue weighted by atomic mass is 10.1. The zero-order valence-electron chi connectivity index (χ0n) is 19.0. The van der Waals surface area contributed by atoms with Crippen molar-refractivity contribution >= 4 is 41.5 Å². The van der Waals surface area contributed by atoms with Crippen molar-refractivity contribution in [2.75, 3.05) is 46.5 Å². The maximum Gasteiger partial charge on any atom is 0.194 e. The van der Waals surface area contributed by atoms with Gasteiger partial charge in [0.05, 0.1) is 18.7 Å². The number of benzene rings is 1. The molecule has 1 atom stereocenters. The van der Waals surface area contributed by atoms with Crippen molar-refractivity contribution < 1.29 is 9.47 Å². The molecule has 1 aliphatic rings. The molecule has 0 bridgehead atoms. The van der Waals surface area contributed by atoms with E-state index in [4.69, 9.17) is 26.1 Å². The van der Waals surface area contributed by atoms with Crippen LogP contribution in [0.15, 0.2) is 47.7 Å². The largest absolute Gasteiger partial charge is 0.385 e. The molecule has 0 saturated carbocycles. The van der Waals surface area contributed by atoms with Gasteiger partial charge in [-0.1, -0.05) is 23.7 Å². The molecule has 7 nitrogen and oxygen atoms in total. The number of nitrogens with one attached hydrogen (secondary N) is 1. The van der Waals surface area contributed by atoms with E-state index in [1.165, 1.54) is 0 Å². The van der Waals surface area contributed by atoms with Crippen LogP contribution in [0.2, 0.25) is 5.02 Å². The first kappa shape index (κ1) is 26.9. The lowest BCUT2D eigenvalue weighted by Crippen LogP contribution is -2.47. The van der Waals surface area contributed by atoms with Crippen LogP contribution in [0.5, 0.6) is 0 Å². The number of methoxy groups -OCH3 is 1. The molecule has 9 heteroatoms. The molecule has 3 rings (SSSR count). The Labute approximate surface area is 213 Å². The summed E-state index contributed by atoms with van der Waals surface area (Å²) in [6.45, 7) is 6.92. The molecular formula is C23H35ClIN5O2. The van der Waals surface area contributed by atoms with E-state index < -0.39 is 0 Å². The molecular weight excluding hydrogens is 541 g/mol. The molecule has 1 unspecified atom stereocenters. The summed E-state index contributed by atoms with van der Waals surface area (Å²) in [6, 6.07) is 9.88. The molecule has 1 fully saturated rings. The Kier molecular flexibility index (Phi) is 12.4. The molecule has 0 radical (unpaired) electrons. The van der Waals surface area contributed by atoms with E-state index in [1.54, 1.807) is 13.3 Å². The Morgan fingerprint density at radius 2 is 2.00 bits per heavy atom. The number of aromatic nitrogens is 2. The third-order valence-electron chi connectivity index (χ3n) is 5.44. The molecule has 0 spiro atoms. The third-order valence-corrected chi connectivity index (χ3v) is 5.69. The molecule has 1 aromatic heterocycles. The van der Waals surface area contributed by atoms with Gasteiger partial charge in [-0.15, -0.1) is 24.0 Å². The second-order valence-corrected chi connectivity index (χ2v) is 8.09. The first-order valence-electron chi connectivity index (χ1n) is 11.1. The van der Waals surface area contributed by atoms with Crippen LogP contribution >= 0.6 is 35.6 Å². The summed E-state index contributed by atoms with van der Waals surface area (Å²) in [4.78, 5) is 7.32. The minimum atomic E-state index is 0. The first-order chi connectivity index (χ1) is 15.2. The maximum atomic E-state index is 6.09. The van der Waals surface area contributed by atoms with Crippen molar-refractivity contribution in [3.63, 3.8) is 0 Å². The summed E-state index contributed by atoms with van der Waals surface area (Å²) < 4.78 is 13.0. The number of guanidine groups is 1. The predicted molar refractivity (Wildman–Crippen MR) is 140 cm³/mol. The molecule has 0 amide bonds. The second-order valence-electron chi connectivity index (χ2n) is 7.65. The van der Waals surface area contributed by atoms with Crippen molar-refractivity contribution in [3.05, 3.63) is 53.3 Å². The van der Waals surface area contributed by atoms with Gasteiger partial charge in [0, 0.05) is 57.4 Å². The quantitative estimate of drug-likeness (QED) is 0.199. The molecule has 32 heavy (non-hydrogen) atoms. The summed E-state index contributed by atoms with van der Waals surface area (Å²) in [7, 11) is 1.73. The van der Waals surface area contributed by atoms with Gasteiger partial charge in [-0.05, 0) is 49.9 Å². The van der Waals surface area contributed by atoms with Crippen molar-refractivity contribution in [1.82, 2.24) is 20.0 Å². The van der Waals surface area contributed by atoms with Gasteiger partial charge in [0.1, 0.15) is 0 Å². The van der Waals surface area contributed by atoms with Gasteiger partial charge in [0.15, 0.2) is 5.96 Å². The highest BCUT2D eigenvalue weighted by Crippen LogP contribution is 2.21. The Morgan fingerprint density at radius 1 is 1.25 bits per heavy atom. The average Bonchev–Trinajstić information content (AvgIpc) is 3.32. The number of piperidine rings is 1. The monoisotopic (exact) mass is 575 g/mol. The van der Waals surface area contributed by atoms with Crippen molar-refractivity contribution in [3.8, 4) is 0 Å². The van der Waals surface area contributed by atoms with Gasteiger partial charge < -0.3 is 19.7 Å². The molecule has 1 saturated heterocycles. The fraction of sp³-hybridized carbons (Fsp3) is 0.565. The third kappa shape index (κ3) is 8.20. The lowest BCUT2D eigenvalue weighted by Gasteiger charge is -2.34. The van der Waals surface area contributed by atoms with E-state index in [1.807, 2.05) is 41.2 Å². The lowest BCUT2D eigenvalue weighted by molar-refractivity contribution is 0.00990. The maximum absolute atomic E-state index is 6.09. The van der Waals surface area contributed by atoms with Crippen LogP contribution < -0.4 is 5.32 Å². The minimum Gasteiger partial charge on any atom is -0.385 e. The Balaban J connectivity index is 0.00000363. The number of hydrogen-bond acceptors (Lipinski definition) is 4. The highest BCUT2D eigenvalue weighted by molar-refractivity contribution is 14.0. The Morgan fingerprint density at radius 3 is 2.62 bits per heavy atom. The van der Waals surface area contributed by atoms with Gasteiger partial charge in [-0.25, -0.2) is 0 Å². The van der Waals surface area contributed by atoms with E-state index in [0.29, 0.717) is 12.6 Å².